The average molecular weight is 394 g/mol. The lowest BCUT2D eigenvalue weighted by Gasteiger charge is -2.37. The Hall–Kier alpha value is -1.59. The van der Waals surface area contributed by atoms with Gasteiger partial charge in [-0.1, -0.05) is 31.9 Å². The van der Waals surface area contributed by atoms with E-state index in [9.17, 15) is 9.59 Å². The highest BCUT2D eigenvalue weighted by Gasteiger charge is 2.49. The molecular formula is C21H32ClN3O2. The van der Waals surface area contributed by atoms with Gasteiger partial charge in [-0.3, -0.25) is 9.59 Å². The van der Waals surface area contributed by atoms with E-state index in [0.29, 0.717) is 18.0 Å². The van der Waals surface area contributed by atoms with Crippen molar-refractivity contribution in [1.82, 2.24) is 16.0 Å². The molecule has 2 fully saturated rings. The number of carbonyl (C=O) groups excluding carboxylic acids is 2. The normalized spacial score (nSPS) is 25.0. The minimum Gasteiger partial charge on any atom is -0.351 e. The Kier molecular flexibility index (Phi) is 7.68. The van der Waals surface area contributed by atoms with Crippen LogP contribution in [-0.2, 0) is 11.3 Å². The minimum atomic E-state index is -0.232. The Labute approximate surface area is 168 Å². The molecule has 3 rings (SSSR count). The smallest absolute Gasteiger partial charge is 0.251 e. The molecule has 1 aromatic carbocycles. The van der Waals surface area contributed by atoms with Crippen LogP contribution in [0.2, 0.25) is 0 Å². The van der Waals surface area contributed by atoms with Crippen LogP contribution in [0.3, 0.4) is 0 Å². The lowest BCUT2D eigenvalue weighted by atomic mass is 9.67. The SMILES string of the molecule is CCC(C)NC(=O)c1cccc(CNC(=O)[C@@]23CCCC[C@H]2CNC3)c1.Cl. The van der Waals surface area contributed by atoms with Crippen LogP contribution < -0.4 is 16.0 Å². The zero-order valence-corrected chi connectivity index (χ0v) is 17.2. The third-order valence-corrected chi connectivity index (χ3v) is 6.12. The molecule has 1 saturated carbocycles. The van der Waals surface area contributed by atoms with Crippen molar-refractivity contribution in [2.75, 3.05) is 13.1 Å². The van der Waals surface area contributed by atoms with Crippen molar-refractivity contribution in [3.05, 3.63) is 35.4 Å². The number of rotatable bonds is 6. The van der Waals surface area contributed by atoms with Crippen LogP contribution in [0.15, 0.2) is 24.3 Å². The standard InChI is InChI=1S/C21H31N3O2.ClH/c1-3-15(2)24-19(25)17-8-6-7-16(11-17)12-23-20(26)21-10-5-4-9-18(21)13-22-14-21;/h6-8,11,15,18,22H,3-5,9-10,12-14H2,1-2H3,(H,23,26)(H,24,25);1H/t15?,18-,21+;/m0./s1. The summed E-state index contributed by atoms with van der Waals surface area (Å²) in [6.45, 7) is 6.27. The van der Waals surface area contributed by atoms with E-state index in [1.807, 2.05) is 38.1 Å². The van der Waals surface area contributed by atoms with Gasteiger partial charge in [0.15, 0.2) is 0 Å². The summed E-state index contributed by atoms with van der Waals surface area (Å²) in [6.07, 6.45) is 5.39. The zero-order valence-electron chi connectivity index (χ0n) is 16.3. The van der Waals surface area contributed by atoms with Crippen LogP contribution in [0.4, 0.5) is 0 Å². The van der Waals surface area contributed by atoms with Gasteiger partial charge in [-0.05, 0) is 56.3 Å². The molecule has 1 unspecified atom stereocenters. The molecule has 0 bridgehead atoms. The Balaban J connectivity index is 0.00000261. The molecule has 0 aromatic heterocycles. The fraction of sp³-hybridized carbons (Fsp3) is 0.619. The van der Waals surface area contributed by atoms with E-state index < -0.39 is 0 Å². The van der Waals surface area contributed by atoms with Crippen molar-refractivity contribution in [1.29, 1.82) is 0 Å². The van der Waals surface area contributed by atoms with Gasteiger partial charge in [-0.2, -0.15) is 0 Å². The van der Waals surface area contributed by atoms with Gasteiger partial charge >= 0.3 is 0 Å². The Morgan fingerprint density at radius 2 is 2.15 bits per heavy atom. The van der Waals surface area contributed by atoms with E-state index in [0.717, 1.165) is 44.3 Å². The molecule has 150 valence electrons. The molecule has 3 N–H and O–H groups in total. The van der Waals surface area contributed by atoms with E-state index in [4.69, 9.17) is 0 Å². The molecule has 3 atom stereocenters. The van der Waals surface area contributed by atoms with Crippen molar-refractivity contribution in [3.63, 3.8) is 0 Å². The van der Waals surface area contributed by atoms with Crippen LogP contribution in [0.5, 0.6) is 0 Å². The highest BCUT2D eigenvalue weighted by atomic mass is 35.5. The predicted octanol–water partition coefficient (Wildman–Crippen LogP) is 3.03. The number of amides is 2. The molecule has 1 heterocycles. The van der Waals surface area contributed by atoms with Crippen LogP contribution in [0.1, 0.15) is 61.9 Å². The number of hydrogen-bond acceptors (Lipinski definition) is 3. The van der Waals surface area contributed by atoms with E-state index in [1.54, 1.807) is 0 Å². The van der Waals surface area contributed by atoms with E-state index in [2.05, 4.69) is 16.0 Å². The molecule has 27 heavy (non-hydrogen) atoms. The summed E-state index contributed by atoms with van der Waals surface area (Å²) in [4.78, 5) is 25.2. The monoisotopic (exact) mass is 393 g/mol. The molecule has 0 spiro atoms. The second-order valence-electron chi connectivity index (χ2n) is 7.90. The summed E-state index contributed by atoms with van der Waals surface area (Å²) >= 11 is 0. The Morgan fingerprint density at radius 1 is 1.33 bits per heavy atom. The van der Waals surface area contributed by atoms with Crippen molar-refractivity contribution in [3.8, 4) is 0 Å². The lowest BCUT2D eigenvalue weighted by molar-refractivity contribution is -0.134. The van der Waals surface area contributed by atoms with Gasteiger partial charge < -0.3 is 16.0 Å². The largest absolute Gasteiger partial charge is 0.351 e. The first-order valence-corrected chi connectivity index (χ1v) is 9.94. The van der Waals surface area contributed by atoms with Crippen LogP contribution in [0.25, 0.3) is 0 Å². The molecule has 6 heteroatoms. The fourth-order valence-electron chi connectivity index (χ4n) is 4.28. The molecule has 5 nitrogen and oxygen atoms in total. The number of fused-ring (bicyclic) bond motifs is 1. The minimum absolute atomic E-state index is 0. The van der Waals surface area contributed by atoms with Gasteiger partial charge in [-0.15, -0.1) is 12.4 Å². The summed E-state index contributed by atoms with van der Waals surface area (Å²) in [7, 11) is 0. The molecule has 1 saturated heterocycles. The van der Waals surface area contributed by atoms with E-state index in [-0.39, 0.29) is 35.7 Å². The number of benzene rings is 1. The average Bonchev–Trinajstić information content (AvgIpc) is 3.11. The molecule has 1 aromatic rings. The summed E-state index contributed by atoms with van der Waals surface area (Å²) < 4.78 is 0. The zero-order chi connectivity index (χ0) is 18.6. The van der Waals surface area contributed by atoms with Crippen LogP contribution in [-0.4, -0.2) is 30.9 Å². The first-order chi connectivity index (χ1) is 12.5. The first kappa shape index (κ1) is 21.7. The third-order valence-electron chi connectivity index (χ3n) is 6.12. The highest BCUT2D eigenvalue weighted by molar-refractivity contribution is 5.94. The molecule has 1 aliphatic heterocycles. The van der Waals surface area contributed by atoms with Gasteiger partial charge in [0.2, 0.25) is 5.91 Å². The molecule has 2 amide bonds. The Morgan fingerprint density at radius 3 is 2.93 bits per heavy atom. The predicted molar refractivity (Wildman–Crippen MR) is 110 cm³/mol. The van der Waals surface area contributed by atoms with Gasteiger partial charge in [0.1, 0.15) is 0 Å². The lowest BCUT2D eigenvalue weighted by Crippen LogP contribution is -2.47. The van der Waals surface area contributed by atoms with Crippen molar-refractivity contribution in [2.45, 2.75) is 58.5 Å². The summed E-state index contributed by atoms with van der Waals surface area (Å²) in [6, 6.07) is 7.69. The number of nitrogens with one attached hydrogen (secondary N) is 3. The molecule has 1 aliphatic carbocycles. The Bertz CT molecular complexity index is 667. The van der Waals surface area contributed by atoms with Crippen LogP contribution in [0, 0.1) is 11.3 Å². The van der Waals surface area contributed by atoms with Crippen molar-refractivity contribution in [2.24, 2.45) is 11.3 Å². The highest BCUT2D eigenvalue weighted by Crippen LogP contribution is 2.43. The summed E-state index contributed by atoms with van der Waals surface area (Å²) in [5.74, 6) is 0.573. The maximum absolute atomic E-state index is 12.9. The van der Waals surface area contributed by atoms with Crippen LogP contribution >= 0.6 is 12.4 Å². The van der Waals surface area contributed by atoms with Crippen molar-refractivity contribution >= 4 is 24.2 Å². The maximum atomic E-state index is 12.9. The molecular weight excluding hydrogens is 362 g/mol. The molecule has 0 radical (unpaired) electrons. The topological polar surface area (TPSA) is 70.2 Å². The first-order valence-electron chi connectivity index (χ1n) is 9.94. The third kappa shape index (κ3) is 4.82. The van der Waals surface area contributed by atoms with Gasteiger partial charge in [0.05, 0.1) is 5.41 Å². The van der Waals surface area contributed by atoms with Gasteiger partial charge in [-0.25, -0.2) is 0 Å². The number of hydrogen-bond donors (Lipinski definition) is 3. The van der Waals surface area contributed by atoms with Gasteiger partial charge in [0.25, 0.3) is 5.91 Å². The summed E-state index contributed by atoms with van der Waals surface area (Å²) in [5.41, 5.74) is 1.38. The van der Waals surface area contributed by atoms with Crippen molar-refractivity contribution < 1.29 is 9.59 Å². The quantitative estimate of drug-likeness (QED) is 0.695. The number of carbonyl (C=O) groups is 2. The molecule has 2 aliphatic rings. The summed E-state index contributed by atoms with van der Waals surface area (Å²) in [5, 5.41) is 9.54. The van der Waals surface area contributed by atoms with E-state index in [1.165, 1.54) is 6.42 Å². The number of halogens is 1. The van der Waals surface area contributed by atoms with E-state index >= 15 is 0 Å². The second-order valence-corrected chi connectivity index (χ2v) is 7.90. The van der Waals surface area contributed by atoms with Gasteiger partial charge in [0, 0.05) is 24.7 Å². The maximum Gasteiger partial charge on any atom is 0.251 e. The second kappa shape index (κ2) is 9.56. The fourth-order valence-corrected chi connectivity index (χ4v) is 4.28.